The second-order valence-corrected chi connectivity index (χ2v) is 1.97. The summed E-state index contributed by atoms with van der Waals surface area (Å²) in [4.78, 5) is 10.9. The number of rotatable bonds is 5. The molecule has 0 aliphatic carbocycles. The maximum Gasteiger partial charge on any atom is 0.191 e. The Morgan fingerprint density at radius 2 is 2.45 bits per heavy atom. The Kier molecular flexibility index (Phi) is 5.39. The summed E-state index contributed by atoms with van der Waals surface area (Å²) in [5, 5.41) is 0. The smallest absolute Gasteiger partial charge is 0.191 e. The molecule has 0 saturated heterocycles. The van der Waals surface area contributed by atoms with Crippen molar-refractivity contribution in [2.24, 2.45) is 0 Å². The van der Waals surface area contributed by atoms with Crippen LogP contribution in [0.25, 0.3) is 0 Å². The molecule has 0 aromatic heterocycles. The standard InChI is InChI=1S/C8H12O3/c1-4-5-8(9)7(2)11-6-10-3/h5,7H,1,6H2,2-3H3. The highest BCUT2D eigenvalue weighted by Crippen LogP contribution is 1.93. The van der Waals surface area contributed by atoms with Crippen LogP contribution in [0.3, 0.4) is 0 Å². The van der Waals surface area contributed by atoms with Crippen LogP contribution < -0.4 is 0 Å². The fourth-order valence-corrected chi connectivity index (χ4v) is 0.470. The van der Waals surface area contributed by atoms with Gasteiger partial charge in [0.25, 0.3) is 0 Å². The van der Waals surface area contributed by atoms with Crippen LogP contribution >= 0.6 is 0 Å². The largest absolute Gasteiger partial charge is 0.359 e. The molecule has 0 radical (unpaired) electrons. The van der Waals surface area contributed by atoms with Crippen LogP contribution in [-0.2, 0) is 14.3 Å². The Bertz CT molecular complexity index is 168. The zero-order chi connectivity index (χ0) is 8.69. The van der Waals surface area contributed by atoms with Gasteiger partial charge in [-0.1, -0.05) is 6.58 Å². The summed E-state index contributed by atoms with van der Waals surface area (Å²) in [6.45, 7) is 5.05. The van der Waals surface area contributed by atoms with Crippen LogP contribution in [-0.4, -0.2) is 25.8 Å². The van der Waals surface area contributed by atoms with Crippen molar-refractivity contribution >= 4 is 5.78 Å². The van der Waals surface area contributed by atoms with Gasteiger partial charge in [-0.3, -0.25) is 4.79 Å². The third kappa shape index (κ3) is 4.51. The number of ketones is 1. The van der Waals surface area contributed by atoms with Gasteiger partial charge in [-0.05, 0) is 6.92 Å². The number of hydrogen-bond acceptors (Lipinski definition) is 3. The molecule has 1 atom stereocenters. The van der Waals surface area contributed by atoms with Gasteiger partial charge in [0.15, 0.2) is 5.78 Å². The Morgan fingerprint density at radius 1 is 1.82 bits per heavy atom. The summed E-state index contributed by atoms with van der Waals surface area (Å²) in [5.41, 5.74) is 2.38. The summed E-state index contributed by atoms with van der Waals surface area (Å²) in [7, 11) is 1.50. The lowest BCUT2D eigenvalue weighted by atomic mass is 10.2. The topological polar surface area (TPSA) is 35.5 Å². The van der Waals surface area contributed by atoms with Gasteiger partial charge in [-0.15, -0.1) is 5.73 Å². The van der Waals surface area contributed by atoms with Crippen LogP contribution in [0.5, 0.6) is 0 Å². The van der Waals surface area contributed by atoms with Gasteiger partial charge in [0, 0.05) is 13.2 Å². The Hall–Kier alpha value is -0.890. The van der Waals surface area contributed by atoms with E-state index in [1.165, 1.54) is 13.2 Å². The van der Waals surface area contributed by atoms with E-state index in [0.717, 1.165) is 0 Å². The Labute approximate surface area is 66.3 Å². The minimum Gasteiger partial charge on any atom is -0.359 e. The van der Waals surface area contributed by atoms with E-state index >= 15 is 0 Å². The van der Waals surface area contributed by atoms with Crippen LogP contribution in [0.4, 0.5) is 0 Å². The highest BCUT2D eigenvalue weighted by Gasteiger charge is 2.08. The monoisotopic (exact) mass is 156 g/mol. The van der Waals surface area contributed by atoms with Crippen molar-refractivity contribution in [3.63, 3.8) is 0 Å². The quantitative estimate of drug-likeness (QED) is 0.337. The lowest BCUT2D eigenvalue weighted by molar-refractivity contribution is -0.132. The normalized spacial score (nSPS) is 11.8. The Balaban J connectivity index is 3.73. The minimum atomic E-state index is -0.482. The molecule has 0 spiro atoms. The van der Waals surface area contributed by atoms with Gasteiger partial charge in [0.05, 0.1) is 0 Å². The summed E-state index contributed by atoms with van der Waals surface area (Å²) < 4.78 is 9.55. The van der Waals surface area contributed by atoms with Crippen molar-refractivity contribution < 1.29 is 14.3 Å². The predicted octanol–water partition coefficient (Wildman–Crippen LogP) is 0.906. The van der Waals surface area contributed by atoms with Crippen LogP contribution in [0.2, 0.25) is 0 Å². The van der Waals surface area contributed by atoms with Crippen LogP contribution in [0.1, 0.15) is 6.92 Å². The Morgan fingerprint density at radius 3 is 2.91 bits per heavy atom. The average Bonchev–Trinajstić information content (AvgIpc) is 2.00. The molecule has 3 nitrogen and oxygen atoms in total. The highest BCUT2D eigenvalue weighted by atomic mass is 16.7. The molecule has 0 aliphatic rings. The average molecular weight is 156 g/mol. The molecular formula is C8H12O3. The van der Waals surface area contributed by atoms with Crippen LogP contribution in [0, 0.1) is 0 Å². The highest BCUT2D eigenvalue weighted by molar-refractivity contribution is 5.92. The van der Waals surface area contributed by atoms with Gasteiger partial charge >= 0.3 is 0 Å². The van der Waals surface area contributed by atoms with E-state index in [4.69, 9.17) is 4.74 Å². The molecule has 0 saturated carbocycles. The molecule has 0 aromatic carbocycles. The molecule has 3 heteroatoms. The van der Waals surface area contributed by atoms with Gasteiger partial charge in [-0.25, -0.2) is 0 Å². The molecule has 0 aliphatic heterocycles. The van der Waals surface area contributed by atoms with E-state index in [-0.39, 0.29) is 12.6 Å². The van der Waals surface area contributed by atoms with Crippen molar-refractivity contribution in [3.8, 4) is 0 Å². The number of methoxy groups -OCH3 is 1. The van der Waals surface area contributed by atoms with Crippen molar-refractivity contribution in [2.45, 2.75) is 13.0 Å². The zero-order valence-corrected chi connectivity index (χ0v) is 6.79. The molecule has 0 N–H and O–H groups in total. The lowest BCUT2D eigenvalue weighted by Crippen LogP contribution is -2.19. The first kappa shape index (κ1) is 10.1. The van der Waals surface area contributed by atoms with E-state index in [9.17, 15) is 4.79 Å². The molecule has 11 heavy (non-hydrogen) atoms. The SMILES string of the molecule is C=C=CC(=O)C(C)OCOC. The lowest BCUT2D eigenvalue weighted by Gasteiger charge is -2.07. The van der Waals surface area contributed by atoms with Crippen molar-refractivity contribution in [2.75, 3.05) is 13.9 Å². The summed E-state index contributed by atoms with van der Waals surface area (Å²) in [5.74, 6) is -0.156. The summed E-state index contributed by atoms with van der Waals surface area (Å²) in [6.07, 6.45) is 0.768. The van der Waals surface area contributed by atoms with Gasteiger partial charge in [0.1, 0.15) is 12.9 Å². The molecular weight excluding hydrogens is 144 g/mol. The maximum atomic E-state index is 10.9. The second-order valence-electron chi connectivity index (χ2n) is 1.97. The minimum absolute atomic E-state index is 0.123. The third-order valence-corrected chi connectivity index (χ3v) is 1.08. The van der Waals surface area contributed by atoms with E-state index in [1.54, 1.807) is 6.92 Å². The van der Waals surface area contributed by atoms with Crippen LogP contribution in [0.15, 0.2) is 18.4 Å². The molecule has 0 aromatic rings. The molecule has 0 fully saturated rings. The molecule has 1 unspecified atom stereocenters. The number of carbonyl (C=O) groups is 1. The molecule has 62 valence electrons. The van der Waals surface area contributed by atoms with E-state index in [2.05, 4.69) is 17.0 Å². The predicted molar refractivity (Wildman–Crippen MR) is 41.1 cm³/mol. The number of carbonyl (C=O) groups excluding carboxylic acids is 1. The van der Waals surface area contributed by atoms with E-state index in [0.29, 0.717) is 0 Å². The third-order valence-electron chi connectivity index (χ3n) is 1.08. The molecule has 0 amide bonds. The fraction of sp³-hybridized carbons (Fsp3) is 0.500. The van der Waals surface area contributed by atoms with Crippen molar-refractivity contribution in [1.82, 2.24) is 0 Å². The fourth-order valence-electron chi connectivity index (χ4n) is 0.470. The number of ether oxygens (including phenoxy) is 2. The van der Waals surface area contributed by atoms with E-state index in [1.807, 2.05) is 0 Å². The van der Waals surface area contributed by atoms with Gasteiger partial charge in [-0.2, -0.15) is 0 Å². The summed E-state index contributed by atoms with van der Waals surface area (Å²) >= 11 is 0. The number of hydrogen-bond donors (Lipinski definition) is 0. The zero-order valence-electron chi connectivity index (χ0n) is 6.79. The molecule has 0 rings (SSSR count). The van der Waals surface area contributed by atoms with Crippen molar-refractivity contribution in [3.05, 3.63) is 18.4 Å². The maximum absolute atomic E-state index is 10.9. The van der Waals surface area contributed by atoms with Gasteiger partial charge in [0.2, 0.25) is 0 Å². The summed E-state index contributed by atoms with van der Waals surface area (Å²) in [6, 6.07) is 0. The molecule has 0 bridgehead atoms. The second kappa shape index (κ2) is 5.86. The first-order valence-corrected chi connectivity index (χ1v) is 3.22. The first-order valence-electron chi connectivity index (χ1n) is 3.22. The van der Waals surface area contributed by atoms with E-state index < -0.39 is 6.10 Å². The molecule has 0 heterocycles. The van der Waals surface area contributed by atoms with Crippen molar-refractivity contribution in [1.29, 1.82) is 0 Å². The van der Waals surface area contributed by atoms with Gasteiger partial charge < -0.3 is 9.47 Å². The first-order chi connectivity index (χ1) is 5.22.